The summed E-state index contributed by atoms with van der Waals surface area (Å²) in [5.74, 6) is -1.29. The third-order valence-electron chi connectivity index (χ3n) is 3.12. The van der Waals surface area contributed by atoms with Gasteiger partial charge in [0.25, 0.3) is 5.69 Å². The van der Waals surface area contributed by atoms with E-state index in [-0.39, 0.29) is 22.8 Å². The number of non-ortho nitro benzene ring substituents is 1. The largest absolute Gasteiger partial charge is 0.402 e. The van der Waals surface area contributed by atoms with Gasteiger partial charge in [0.05, 0.1) is 4.92 Å². The molecule has 0 saturated heterocycles. The van der Waals surface area contributed by atoms with Crippen LogP contribution in [0, 0.1) is 15.9 Å². The summed E-state index contributed by atoms with van der Waals surface area (Å²) in [6, 6.07) is 11.5. The van der Waals surface area contributed by atoms with Gasteiger partial charge in [0, 0.05) is 23.3 Å². The number of rotatable bonds is 3. The summed E-state index contributed by atoms with van der Waals surface area (Å²) in [6.45, 7) is 0. The fraction of sp³-hybridized carbons (Fsp3) is 0. The maximum Gasteiger partial charge on any atom is 0.363 e. The number of nitro groups is 1. The summed E-state index contributed by atoms with van der Waals surface area (Å²) in [4.78, 5) is 26.0. The van der Waals surface area contributed by atoms with E-state index in [1.165, 1.54) is 48.5 Å². The van der Waals surface area contributed by atoms with Gasteiger partial charge < -0.3 is 4.74 Å². The average molecular weight is 312 g/mol. The molecule has 0 amide bonds. The molecule has 1 aliphatic heterocycles. The van der Waals surface area contributed by atoms with Crippen molar-refractivity contribution in [1.29, 1.82) is 0 Å². The summed E-state index contributed by atoms with van der Waals surface area (Å²) >= 11 is 0. The zero-order valence-corrected chi connectivity index (χ0v) is 11.6. The number of nitro benzene ring substituents is 1. The molecule has 3 rings (SSSR count). The number of esters is 1. The monoisotopic (exact) mass is 312 g/mol. The van der Waals surface area contributed by atoms with E-state index in [1.807, 2.05) is 0 Å². The Labute approximate surface area is 129 Å². The molecule has 0 aromatic heterocycles. The van der Waals surface area contributed by atoms with Crippen molar-refractivity contribution in [2.45, 2.75) is 0 Å². The van der Waals surface area contributed by atoms with Crippen molar-refractivity contribution in [1.82, 2.24) is 0 Å². The second-order valence-corrected chi connectivity index (χ2v) is 4.67. The van der Waals surface area contributed by atoms with Crippen LogP contribution in [0.1, 0.15) is 11.1 Å². The Morgan fingerprint density at radius 2 is 1.96 bits per heavy atom. The molecule has 0 N–H and O–H groups in total. The molecule has 0 unspecified atom stereocenters. The molecular weight excluding hydrogens is 303 g/mol. The van der Waals surface area contributed by atoms with Crippen molar-refractivity contribution >= 4 is 23.6 Å². The molecule has 23 heavy (non-hydrogen) atoms. The summed E-state index contributed by atoms with van der Waals surface area (Å²) < 4.78 is 18.6. The number of ether oxygens (including phenoxy) is 1. The van der Waals surface area contributed by atoms with Crippen molar-refractivity contribution in [3.05, 3.63) is 81.3 Å². The van der Waals surface area contributed by atoms with Gasteiger partial charge in [-0.1, -0.05) is 24.3 Å². The van der Waals surface area contributed by atoms with Gasteiger partial charge in [0.1, 0.15) is 5.82 Å². The molecule has 0 fully saturated rings. The third-order valence-corrected chi connectivity index (χ3v) is 3.12. The highest BCUT2D eigenvalue weighted by Gasteiger charge is 2.25. The smallest absolute Gasteiger partial charge is 0.363 e. The Balaban J connectivity index is 1.97. The molecular formula is C16H9FN2O4. The fourth-order valence-corrected chi connectivity index (χ4v) is 2.02. The van der Waals surface area contributed by atoms with Gasteiger partial charge in [0.2, 0.25) is 5.90 Å². The van der Waals surface area contributed by atoms with Crippen LogP contribution >= 0.6 is 0 Å². The number of hydrogen-bond acceptors (Lipinski definition) is 5. The maximum absolute atomic E-state index is 13.6. The zero-order chi connectivity index (χ0) is 16.4. The normalized spacial score (nSPS) is 15.4. The zero-order valence-electron chi connectivity index (χ0n) is 11.6. The average Bonchev–Trinajstić information content (AvgIpc) is 2.91. The van der Waals surface area contributed by atoms with E-state index in [4.69, 9.17) is 4.74 Å². The number of hydrogen-bond donors (Lipinski definition) is 0. The third kappa shape index (κ3) is 2.98. The lowest BCUT2D eigenvalue weighted by Crippen LogP contribution is -2.05. The first-order valence-corrected chi connectivity index (χ1v) is 6.56. The van der Waals surface area contributed by atoms with Crippen molar-refractivity contribution in [3.63, 3.8) is 0 Å². The second-order valence-electron chi connectivity index (χ2n) is 4.67. The summed E-state index contributed by atoms with van der Waals surface area (Å²) in [6.07, 6.45) is 1.27. The predicted octanol–water partition coefficient (Wildman–Crippen LogP) is 3.08. The Morgan fingerprint density at radius 1 is 1.17 bits per heavy atom. The molecule has 0 aliphatic carbocycles. The molecule has 1 aliphatic rings. The first-order valence-electron chi connectivity index (χ1n) is 6.56. The maximum atomic E-state index is 13.6. The molecule has 6 nitrogen and oxygen atoms in total. The topological polar surface area (TPSA) is 81.8 Å². The highest BCUT2D eigenvalue weighted by molar-refractivity contribution is 6.13. The van der Waals surface area contributed by atoms with Crippen LogP contribution in [0.15, 0.2) is 59.2 Å². The van der Waals surface area contributed by atoms with Gasteiger partial charge >= 0.3 is 5.97 Å². The van der Waals surface area contributed by atoms with Crippen molar-refractivity contribution in [2.24, 2.45) is 4.99 Å². The van der Waals surface area contributed by atoms with Crippen molar-refractivity contribution in [3.8, 4) is 0 Å². The number of aliphatic imine (C=N–C) groups is 1. The lowest BCUT2D eigenvalue weighted by atomic mass is 10.2. The van der Waals surface area contributed by atoms with Gasteiger partial charge in [-0.3, -0.25) is 10.1 Å². The van der Waals surface area contributed by atoms with Crippen LogP contribution in [0.25, 0.3) is 6.08 Å². The van der Waals surface area contributed by atoms with E-state index in [0.29, 0.717) is 5.56 Å². The lowest BCUT2D eigenvalue weighted by Gasteiger charge is -1.98. The first kappa shape index (κ1) is 14.6. The highest BCUT2D eigenvalue weighted by atomic mass is 19.1. The Bertz CT molecular complexity index is 874. The molecule has 0 spiro atoms. The van der Waals surface area contributed by atoms with Crippen molar-refractivity contribution in [2.75, 3.05) is 0 Å². The number of halogens is 1. The SMILES string of the molecule is O=C1OC(c2cccc([N+](=O)[O-])c2)=NC1=Cc1ccccc1F. The van der Waals surface area contributed by atoms with E-state index in [9.17, 15) is 19.3 Å². The molecule has 114 valence electrons. The molecule has 0 saturated carbocycles. The van der Waals surface area contributed by atoms with Gasteiger partial charge in [-0.2, -0.15) is 0 Å². The number of benzene rings is 2. The molecule has 0 atom stereocenters. The van der Waals surface area contributed by atoms with Crippen LogP contribution in [0.3, 0.4) is 0 Å². The van der Waals surface area contributed by atoms with E-state index in [0.717, 1.165) is 0 Å². The van der Waals surface area contributed by atoms with E-state index < -0.39 is 16.7 Å². The molecule has 0 radical (unpaired) electrons. The van der Waals surface area contributed by atoms with Crippen LogP contribution in [0.4, 0.5) is 10.1 Å². The fourth-order valence-electron chi connectivity index (χ4n) is 2.02. The lowest BCUT2D eigenvalue weighted by molar-refractivity contribution is -0.384. The molecule has 1 heterocycles. The van der Waals surface area contributed by atoms with Crippen LogP contribution in [0.5, 0.6) is 0 Å². The number of carbonyl (C=O) groups is 1. The van der Waals surface area contributed by atoms with E-state index in [1.54, 1.807) is 6.07 Å². The van der Waals surface area contributed by atoms with E-state index in [2.05, 4.69) is 4.99 Å². The number of cyclic esters (lactones) is 1. The number of carbonyl (C=O) groups excluding carboxylic acids is 1. The van der Waals surface area contributed by atoms with Crippen LogP contribution in [-0.2, 0) is 9.53 Å². The molecule has 0 bridgehead atoms. The number of nitrogens with zero attached hydrogens (tertiary/aromatic N) is 2. The van der Waals surface area contributed by atoms with Gasteiger partial charge in [0.15, 0.2) is 5.70 Å². The summed E-state index contributed by atoms with van der Waals surface area (Å²) in [5.41, 5.74) is 0.275. The van der Waals surface area contributed by atoms with Crippen molar-refractivity contribution < 1.29 is 18.8 Å². The van der Waals surface area contributed by atoms with Gasteiger partial charge in [-0.25, -0.2) is 14.2 Å². The van der Waals surface area contributed by atoms with Gasteiger partial charge in [-0.15, -0.1) is 0 Å². The minimum Gasteiger partial charge on any atom is -0.402 e. The Kier molecular flexibility index (Phi) is 3.68. The van der Waals surface area contributed by atoms with E-state index >= 15 is 0 Å². The summed E-state index contributed by atoms with van der Waals surface area (Å²) in [7, 11) is 0. The predicted molar refractivity (Wildman–Crippen MR) is 80.1 cm³/mol. The molecule has 2 aromatic rings. The Morgan fingerprint density at radius 3 is 2.70 bits per heavy atom. The van der Waals surface area contributed by atoms with Crippen LogP contribution in [-0.4, -0.2) is 16.8 Å². The minimum absolute atomic E-state index is 0.0544. The van der Waals surface area contributed by atoms with Crippen LogP contribution in [0.2, 0.25) is 0 Å². The standard InChI is InChI=1S/C16H9FN2O4/c17-13-7-2-1-4-10(13)9-14-16(20)23-15(18-14)11-5-3-6-12(8-11)19(21)22/h1-9H. The Hall–Kier alpha value is -3.35. The van der Waals surface area contributed by atoms with Crippen LogP contribution < -0.4 is 0 Å². The first-order chi connectivity index (χ1) is 11.0. The minimum atomic E-state index is -0.741. The second kappa shape index (κ2) is 5.80. The molecule has 7 heteroatoms. The van der Waals surface area contributed by atoms with Gasteiger partial charge in [-0.05, 0) is 18.2 Å². The molecule has 2 aromatic carbocycles. The summed E-state index contributed by atoms with van der Waals surface area (Å²) in [5, 5.41) is 10.8. The quantitative estimate of drug-likeness (QED) is 0.377. The highest BCUT2D eigenvalue weighted by Crippen LogP contribution is 2.22.